The Balaban J connectivity index is 2.08. The third kappa shape index (κ3) is 2.64. The minimum atomic E-state index is 0.523. The largest absolute Gasteiger partial charge is 0.268 e. The summed E-state index contributed by atoms with van der Waals surface area (Å²) in [4.78, 5) is 0. The van der Waals surface area contributed by atoms with Crippen LogP contribution >= 0.6 is 11.6 Å². The zero-order chi connectivity index (χ0) is 11.4. The van der Waals surface area contributed by atoms with E-state index < -0.39 is 0 Å². The minimum absolute atomic E-state index is 0.523. The molecular formula is C13H15ClN2. The fraction of sp³-hybridized carbons (Fsp3) is 0.308. The van der Waals surface area contributed by atoms with E-state index in [2.05, 4.69) is 36.3 Å². The molecule has 0 atom stereocenters. The number of rotatable bonds is 4. The molecule has 2 aromatic rings. The van der Waals surface area contributed by atoms with Gasteiger partial charge in [-0.15, -0.1) is 11.6 Å². The van der Waals surface area contributed by atoms with Crippen molar-refractivity contribution >= 4 is 11.6 Å². The topological polar surface area (TPSA) is 17.8 Å². The fourth-order valence-electron chi connectivity index (χ4n) is 1.63. The quantitative estimate of drug-likeness (QED) is 0.743. The summed E-state index contributed by atoms with van der Waals surface area (Å²) in [5.74, 6) is 0.523. The predicted molar refractivity (Wildman–Crippen MR) is 66.7 cm³/mol. The fourth-order valence-corrected chi connectivity index (χ4v) is 1.77. The van der Waals surface area contributed by atoms with Crippen molar-refractivity contribution in [3.05, 3.63) is 53.3 Å². The van der Waals surface area contributed by atoms with Gasteiger partial charge in [-0.1, -0.05) is 31.2 Å². The van der Waals surface area contributed by atoms with E-state index in [4.69, 9.17) is 11.6 Å². The van der Waals surface area contributed by atoms with E-state index in [0.29, 0.717) is 5.88 Å². The lowest BCUT2D eigenvalue weighted by atomic mass is 10.1. The van der Waals surface area contributed by atoms with Gasteiger partial charge in [0.05, 0.1) is 18.6 Å². The Bertz CT molecular complexity index is 445. The summed E-state index contributed by atoms with van der Waals surface area (Å²) in [6, 6.07) is 8.64. The van der Waals surface area contributed by atoms with Crippen LogP contribution < -0.4 is 0 Å². The maximum absolute atomic E-state index is 5.73. The first-order valence-corrected chi connectivity index (χ1v) is 6.00. The zero-order valence-electron chi connectivity index (χ0n) is 9.36. The lowest BCUT2D eigenvalue weighted by Crippen LogP contribution is -1.99. The molecule has 0 saturated carbocycles. The summed E-state index contributed by atoms with van der Waals surface area (Å²) in [7, 11) is 0. The Morgan fingerprint density at radius 2 is 1.81 bits per heavy atom. The summed E-state index contributed by atoms with van der Waals surface area (Å²) < 4.78 is 1.92. The predicted octanol–water partition coefficient (Wildman–Crippen LogP) is 3.23. The van der Waals surface area contributed by atoms with E-state index in [9.17, 15) is 0 Å². The van der Waals surface area contributed by atoms with E-state index in [1.54, 1.807) is 0 Å². The molecule has 0 aliphatic rings. The molecule has 0 aliphatic heterocycles. The molecule has 2 nitrogen and oxygen atoms in total. The number of benzene rings is 1. The van der Waals surface area contributed by atoms with Gasteiger partial charge in [-0.05, 0) is 17.5 Å². The van der Waals surface area contributed by atoms with Gasteiger partial charge in [0.15, 0.2) is 0 Å². The maximum atomic E-state index is 5.73. The van der Waals surface area contributed by atoms with Crippen LogP contribution in [0.15, 0.2) is 36.7 Å². The third-order valence-corrected chi connectivity index (χ3v) is 2.93. The highest BCUT2D eigenvalue weighted by Crippen LogP contribution is 2.08. The van der Waals surface area contributed by atoms with Gasteiger partial charge in [0.1, 0.15) is 0 Å². The van der Waals surface area contributed by atoms with E-state index in [0.717, 1.165) is 18.5 Å². The standard InChI is InChI=1S/C13H15ClN2/c1-2-11-3-5-12(6-4-11)9-16-10-13(7-14)8-15-16/h3-6,8,10H,2,7,9H2,1H3. The van der Waals surface area contributed by atoms with Gasteiger partial charge >= 0.3 is 0 Å². The molecule has 1 aromatic heterocycles. The number of hydrogen-bond acceptors (Lipinski definition) is 1. The van der Waals surface area contributed by atoms with Crippen LogP contribution in [0.4, 0.5) is 0 Å². The minimum Gasteiger partial charge on any atom is -0.268 e. The molecule has 2 rings (SSSR count). The molecule has 0 radical (unpaired) electrons. The smallest absolute Gasteiger partial charge is 0.0659 e. The van der Waals surface area contributed by atoms with Crippen LogP contribution in [0.2, 0.25) is 0 Å². The average Bonchev–Trinajstić information content (AvgIpc) is 2.78. The van der Waals surface area contributed by atoms with Crippen LogP contribution in [-0.4, -0.2) is 9.78 Å². The number of alkyl halides is 1. The SMILES string of the molecule is CCc1ccc(Cn2cc(CCl)cn2)cc1. The van der Waals surface area contributed by atoms with Gasteiger partial charge < -0.3 is 0 Å². The molecule has 0 aliphatic carbocycles. The summed E-state index contributed by atoms with van der Waals surface area (Å²) in [6.45, 7) is 2.97. The Morgan fingerprint density at radius 1 is 1.12 bits per heavy atom. The molecule has 1 aromatic carbocycles. The molecular weight excluding hydrogens is 220 g/mol. The molecule has 0 unspecified atom stereocenters. The molecule has 84 valence electrons. The normalized spacial score (nSPS) is 10.6. The van der Waals surface area contributed by atoms with Gasteiger partial charge in [-0.25, -0.2) is 0 Å². The van der Waals surface area contributed by atoms with Crippen LogP contribution in [-0.2, 0) is 18.8 Å². The second kappa shape index (κ2) is 5.17. The maximum Gasteiger partial charge on any atom is 0.0659 e. The number of aromatic nitrogens is 2. The first-order valence-electron chi connectivity index (χ1n) is 5.47. The van der Waals surface area contributed by atoms with E-state index in [1.165, 1.54) is 11.1 Å². The van der Waals surface area contributed by atoms with Gasteiger partial charge in [0.25, 0.3) is 0 Å². The second-order valence-corrected chi connectivity index (χ2v) is 4.12. The lowest BCUT2D eigenvalue weighted by molar-refractivity contribution is 0.686. The van der Waals surface area contributed by atoms with Gasteiger partial charge in [-0.2, -0.15) is 5.10 Å². The van der Waals surface area contributed by atoms with E-state index in [-0.39, 0.29) is 0 Å². The van der Waals surface area contributed by atoms with Gasteiger partial charge in [-0.3, -0.25) is 4.68 Å². The van der Waals surface area contributed by atoms with Crippen molar-refractivity contribution < 1.29 is 0 Å². The Hall–Kier alpha value is -1.28. The molecule has 1 heterocycles. The number of halogens is 1. The van der Waals surface area contributed by atoms with Crippen molar-refractivity contribution in [1.29, 1.82) is 0 Å². The Kier molecular flexibility index (Phi) is 3.62. The van der Waals surface area contributed by atoms with Gasteiger partial charge in [0, 0.05) is 11.8 Å². The number of nitrogens with zero attached hydrogens (tertiary/aromatic N) is 2. The number of aryl methyl sites for hydroxylation is 1. The summed E-state index contributed by atoms with van der Waals surface area (Å²) in [6.07, 6.45) is 4.88. The lowest BCUT2D eigenvalue weighted by Gasteiger charge is -2.03. The third-order valence-electron chi connectivity index (χ3n) is 2.62. The van der Waals surface area contributed by atoms with Crippen molar-refractivity contribution in [3.63, 3.8) is 0 Å². The summed E-state index contributed by atoms with van der Waals surface area (Å²) in [5, 5.41) is 4.26. The Labute approximate surface area is 101 Å². The van der Waals surface area contributed by atoms with Crippen LogP contribution in [0.5, 0.6) is 0 Å². The molecule has 16 heavy (non-hydrogen) atoms. The molecule has 0 fully saturated rings. The van der Waals surface area contributed by atoms with Crippen molar-refractivity contribution in [1.82, 2.24) is 9.78 Å². The molecule has 3 heteroatoms. The highest BCUT2D eigenvalue weighted by molar-refractivity contribution is 6.17. The highest BCUT2D eigenvalue weighted by atomic mass is 35.5. The van der Waals surface area contributed by atoms with Crippen molar-refractivity contribution in [3.8, 4) is 0 Å². The van der Waals surface area contributed by atoms with Crippen molar-refractivity contribution in [2.75, 3.05) is 0 Å². The van der Waals surface area contributed by atoms with E-state index in [1.807, 2.05) is 17.1 Å². The molecule has 0 saturated heterocycles. The van der Waals surface area contributed by atoms with Crippen LogP contribution in [0.1, 0.15) is 23.6 Å². The van der Waals surface area contributed by atoms with Crippen molar-refractivity contribution in [2.45, 2.75) is 25.8 Å². The van der Waals surface area contributed by atoms with Crippen molar-refractivity contribution in [2.24, 2.45) is 0 Å². The second-order valence-electron chi connectivity index (χ2n) is 3.85. The van der Waals surface area contributed by atoms with Gasteiger partial charge in [0.2, 0.25) is 0 Å². The average molecular weight is 235 g/mol. The molecule has 0 bridgehead atoms. The van der Waals surface area contributed by atoms with Crippen LogP contribution in [0.3, 0.4) is 0 Å². The monoisotopic (exact) mass is 234 g/mol. The van der Waals surface area contributed by atoms with Crippen LogP contribution in [0, 0.1) is 0 Å². The first-order chi connectivity index (χ1) is 7.81. The highest BCUT2D eigenvalue weighted by Gasteiger charge is 1.98. The summed E-state index contributed by atoms with van der Waals surface area (Å²) in [5.41, 5.74) is 3.69. The molecule has 0 N–H and O–H groups in total. The zero-order valence-corrected chi connectivity index (χ0v) is 10.1. The Morgan fingerprint density at radius 3 is 2.38 bits per heavy atom. The molecule has 0 spiro atoms. The number of hydrogen-bond donors (Lipinski definition) is 0. The van der Waals surface area contributed by atoms with E-state index >= 15 is 0 Å². The van der Waals surface area contributed by atoms with Crippen LogP contribution in [0.25, 0.3) is 0 Å². The first kappa shape index (κ1) is 11.2. The summed E-state index contributed by atoms with van der Waals surface area (Å²) >= 11 is 5.73. The molecule has 0 amide bonds.